The van der Waals surface area contributed by atoms with Gasteiger partial charge in [-0.15, -0.1) is 0 Å². The average Bonchev–Trinajstić information content (AvgIpc) is 2.60. The van der Waals surface area contributed by atoms with Crippen LogP contribution in [0.1, 0.15) is 6.92 Å². The first-order valence-corrected chi connectivity index (χ1v) is 11.1. The molecule has 9 nitrogen and oxygen atoms in total. The molecule has 0 spiro atoms. The zero-order chi connectivity index (χ0) is 19.6. The average molecular weight is 395 g/mol. The summed E-state index contributed by atoms with van der Waals surface area (Å²) in [5.41, 5.74) is 0. The van der Waals surface area contributed by atoms with Crippen LogP contribution in [-0.2, 0) is 14.6 Å². The van der Waals surface area contributed by atoms with Gasteiger partial charge in [0.2, 0.25) is 0 Å². The highest BCUT2D eigenvalue weighted by atomic mass is 32.2. The van der Waals surface area contributed by atoms with Crippen LogP contribution in [0.15, 0.2) is 0 Å². The minimum absolute atomic E-state index is 0.0971. The van der Waals surface area contributed by atoms with E-state index < -0.39 is 9.84 Å². The molecule has 0 bridgehead atoms. The molecule has 0 aromatic carbocycles. The topological polar surface area (TPSA) is 105 Å². The molecule has 0 atom stereocenters. The summed E-state index contributed by atoms with van der Waals surface area (Å²) in [6, 6.07) is 0. The zero-order valence-corrected chi connectivity index (χ0v) is 16.8. The Hall–Kier alpha value is -0.620. The van der Waals surface area contributed by atoms with Gasteiger partial charge in [0.25, 0.3) is 0 Å². The molecule has 10 heteroatoms. The Labute approximate surface area is 157 Å². The fourth-order valence-electron chi connectivity index (χ4n) is 2.85. The van der Waals surface area contributed by atoms with E-state index in [1.165, 1.54) is 6.26 Å². The smallest absolute Gasteiger partial charge is 0.148 e. The molecule has 0 radical (unpaired) electrons. The minimum Gasteiger partial charge on any atom is -0.381 e. The van der Waals surface area contributed by atoms with E-state index in [0.717, 1.165) is 52.4 Å². The van der Waals surface area contributed by atoms with Gasteiger partial charge in [0.15, 0.2) is 0 Å². The van der Waals surface area contributed by atoms with Gasteiger partial charge in [0.1, 0.15) is 15.6 Å². The zero-order valence-electron chi connectivity index (χ0n) is 16.0. The number of hydrogen-bond acceptors (Lipinski definition) is 9. The Morgan fingerprint density at radius 2 is 1.19 bits per heavy atom. The predicted octanol–water partition coefficient (Wildman–Crippen LogP) is -2.26. The molecule has 2 aliphatic rings. The molecule has 2 saturated heterocycles. The van der Waals surface area contributed by atoms with E-state index in [4.69, 9.17) is 10.2 Å². The first kappa shape index (κ1) is 23.4. The number of carbonyl (C=O) groups is 1. The van der Waals surface area contributed by atoms with Crippen molar-refractivity contribution < 1.29 is 23.4 Å². The largest absolute Gasteiger partial charge is 0.381 e. The summed E-state index contributed by atoms with van der Waals surface area (Å²) >= 11 is 0. The first-order valence-electron chi connectivity index (χ1n) is 9.02. The van der Waals surface area contributed by atoms with E-state index in [0.29, 0.717) is 13.1 Å². The molecule has 0 aromatic rings. The van der Waals surface area contributed by atoms with E-state index in [-0.39, 0.29) is 25.0 Å². The molecule has 0 aliphatic carbocycles. The lowest BCUT2D eigenvalue weighted by Crippen LogP contribution is -2.47. The van der Waals surface area contributed by atoms with Gasteiger partial charge >= 0.3 is 0 Å². The number of aliphatic hydroxyl groups excluding tert-OH is 2. The van der Waals surface area contributed by atoms with Gasteiger partial charge in [-0.3, -0.25) is 24.4 Å². The molecule has 2 aliphatic heterocycles. The van der Waals surface area contributed by atoms with Crippen LogP contribution in [0.2, 0.25) is 0 Å². The van der Waals surface area contributed by atoms with Crippen LogP contribution in [0.5, 0.6) is 0 Å². The minimum atomic E-state index is -2.85. The Bertz CT molecular complexity index is 501. The van der Waals surface area contributed by atoms with Crippen molar-refractivity contribution in [3.05, 3.63) is 0 Å². The van der Waals surface area contributed by atoms with Crippen molar-refractivity contribution in [3.63, 3.8) is 0 Å². The van der Waals surface area contributed by atoms with Crippen LogP contribution in [0.25, 0.3) is 0 Å². The van der Waals surface area contributed by atoms with Gasteiger partial charge in [-0.05, 0) is 6.92 Å². The van der Waals surface area contributed by atoms with Crippen LogP contribution in [0.4, 0.5) is 0 Å². The highest BCUT2D eigenvalue weighted by Gasteiger charge is 2.17. The van der Waals surface area contributed by atoms with E-state index >= 15 is 0 Å². The molecule has 0 aromatic heterocycles. The van der Waals surface area contributed by atoms with Crippen molar-refractivity contribution in [2.24, 2.45) is 0 Å². The third kappa shape index (κ3) is 10.5. The summed E-state index contributed by atoms with van der Waals surface area (Å²) in [7, 11) is -2.85. The summed E-state index contributed by atoms with van der Waals surface area (Å²) in [6.45, 7) is 9.84. The van der Waals surface area contributed by atoms with E-state index in [2.05, 4.69) is 9.80 Å². The second kappa shape index (κ2) is 12.0. The number of sulfone groups is 1. The molecule has 0 saturated carbocycles. The van der Waals surface area contributed by atoms with Crippen molar-refractivity contribution in [1.82, 2.24) is 19.6 Å². The molecule has 2 fully saturated rings. The highest BCUT2D eigenvalue weighted by Crippen LogP contribution is 2.01. The highest BCUT2D eigenvalue weighted by molar-refractivity contribution is 7.90. The molecular formula is C16H34N4O5S. The van der Waals surface area contributed by atoms with Crippen molar-refractivity contribution in [2.45, 2.75) is 6.92 Å². The second-order valence-corrected chi connectivity index (χ2v) is 9.23. The summed E-state index contributed by atoms with van der Waals surface area (Å²) < 4.78 is 21.8. The summed E-state index contributed by atoms with van der Waals surface area (Å²) in [5, 5.41) is 17.6. The Balaban J connectivity index is 0.000000263. The van der Waals surface area contributed by atoms with Crippen LogP contribution in [0.3, 0.4) is 0 Å². The fraction of sp³-hybridized carbons (Fsp3) is 0.938. The van der Waals surface area contributed by atoms with E-state index in [9.17, 15) is 13.2 Å². The fourth-order valence-corrected chi connectivity index (χ4v) is 3.44. The van der Waals surface area contributed by atoms with Gasteiger partial charge in [-0.25, -0.2) is 8.42 Å². The van der Waals surface area contributed by atoms with Crippen LogP contribution in [-0.4, -0.2) is 135 Å². The molecule has 0 amide bonds. The number of hydrogen-bond donors (Lipinski definition) is 2. The summed E-state index contributed by atoms with van der Waals surface area (Å²) in [6.07, 6.45) is 1.26. The van der Waals surface area contributed by atoms with Crippen LogP contribution >= 0.6 is 0 Å². The maximum Gasteiger partial charge on any atom is 0.148 e. The Morgan fingerprint density at radius 1 is 0.808 bits per heavy atom. The van der Waals surface area contributed by atoms with Gasteiger partial charge in [-0.2, -0.15) is 0 Å². The number of rotatable bonds is 7. The number of carbonyl (C=O) groups excluding carboxylic acids is 1. The van der Waals surface area contributed by atoms with Gasteiger partial charge in [-0.1, -0.05) is 0 Å². The van der Waals surface area contributed by atoms with Gasteiger partial charge in [0, 0.05) is 65.2 Å². The lowest BCUT2D eigenvalue weighted by Gasteiger charge is -2.33. The second-order valence-electron chi connectivity index (χ2n) is 6.97. The number of Topliss-reactive ketones (excluding diaryl/α,β-unsaturated/α-hetero) is 1. The molecule has 2 rings (SSSR count). The number of nitrogens with zero attached hydrogens (tertiary/aromatic N) is 4. The predicted molar refractivity (Wildman–Crippen MR) is 101 cm³/mol. The first-order chi connectivity index (χ1) is 12.2. The standard InChI is InChI=1S/C8H18N2O3S.C8H16N2O2/c1-14(12,13)7-6-9-2-4-10(8-11)5-3-9;1-8(12)6-9-2-4-10(7-11)5-3-9/h11H,2-8H2,1H3;11H,2-7H2,1H3. The van der Waals surface area contributed by atoms with Gasteiger partial charge < -0.3 is 10.2 Å². The maximum absolute atomic E-state index is 10.9. The molecule has 2 heterocycles. The van der Waals surface area contributed by atoms with E-state index in [1.807, 2.05) is 9.80 Å². The van der Waals surface area contributed by atoms with Crippen molar-refractivity contribution in [1.29, 1.82) is 0 Å². The van der Waals surface area contributed by atoms with Gasteiger partial charge in [0.05, 0.1) is 25.8 Å². The van der Waals surface area contributed by atoms with Crippen LogP contribution < -0.4 is 0 Å². The van der Waals surface area contributed by atoms with Crippen LogP contribution in [0, 0.1) is 0 Å². The quantitative estimate of drug-likeness (QED) is 0.495. The van der Waals surface area contributed by atoms with Crippen molar-refractivity contribution >= 4 is 15.6 Å². The molecule has 0 unspecified atom stereocenters. The normalized spacial score (nSPS) is 21.2. The lowest BCUT2D eigenvalue weighted by molar-refractivity contribution is -0.118. The van der Waals surface area contributed by atoms with E-state index in [1.54, 1.807) is 6.92 Å². The summed E-state index contributed by atoms with van der Waals surface area (Å²) in [4.78, 5) is 18.9. The number of ketones is 1. The Kier molecular flexibility index (Phi) is 10.8. The monoisotopic (exact) mass is 394 g/mol. The van der Waals surface area contributed by atoms with Crippen molar-refractivity contribution in [2.75, 3.05) is 90.9 Å². The Morgan fingerprint density at radius 3 is 1.54 bits per heavy atom. The summed E-state index contributed by atoms with van der Waals surface area (Å²) in [5.74, 6) is 0.444. The van der Waals surface area contributed by atoms with Crippen molar-refractivity contribution in [3.8, 4) is 0 Å². The third-order valence-electron chi connectivity index (χ3n) is 4.55. The maximum atomic E-state index is 10.9. The lowest BCUT2D eigenvalue weighted by atomic mass is 10.3. The number of aliphatic hydroxyl groups is 2. The molecular weight excluding hydrogens is 360 g/mol. The SMILES string of the molecule is CC(=O)CN1CCN(CO)CC1.CS(=O)(=O)CCN1CCN(CO)CC1. The molecule has 26 heavy (non-hydrogen) atoms. The molecule has 2 N–H and O–H groups in total. The number of piperazine rings is 2. The third-order valence-corrected chi connectivity index (χ3v) is 5.48. The molecule has 154 valence electrons.